The molecule has 2 heterocycles. The van der Waals surface area contributed by atoms with Crippen molar-refractivity contribution in [3.63, 3.8) is 0 Å². The molecule has 0 radical (unpaired) electrons. The average Bonchev–Trinajstić information content (AvgIpc) is 3.52. The zero-order chi connectivity index (χ0) is 43.5. The van der Waals surface area contributed by atoms with Gasteiger partial charge in [-0.15, -0.1) is 0 Å². The van der Waals surface area contributed by atoms with E-state index in [-0.39, 0.29) is 53.4 Å². The minimum atomic E-state index is -1.90. The lowest BCUT2D eigenvalue weighted by Crippen LogP contribution is -2.65. The van der Waals surface area contributed by atoms with Crippen molar-refractivity contribution in [2.45, 2.75) is 172 Å². The zero-order valence-electron chi connectivity index (χ0n) is 34.7. The minimum absolute atomic E-state index is 0.0486. The number of carbonyl (C=O) groups is 2. The number of esters is 2. The van der Waals surface area contributed by atoms with Crippen LogP contribution in [0, 0.1) is 40.4 Å². The van der Waals surface area contributed by atoms with Crippen LogP contribution in [0.2, 0.25) is 0 Å². The van der Waals surface area contributed by atoms with E-state index in [1.165, 1.54) is 6.92 Å². The lowest BCUT2D eigenvalue weighted by atomic mass is 9.45. The van der Waals surface area contributed by atoms with Crippen LogP contribution in [0.15, 0.2) is 22.8 Å². The van der Waals surface area contributed by atoms with Crippen molar-refractivity contribution < 1.29 is 84.3 Å². The van der Waals surface area contributed by atoms with Crippen molar-refractivity contribution in [1.82, 2.24) is 0 Å². The Morgan fingerprint density at radius 1 is 0.898 bits per heavy atom. The SMILES string of the molecule is CC(=O)OC[C@H]1O[C@@H](OC(=O)/C(C)=C(\C)CC(O)[C@@H](C)[C@H]2CC[C@H]3[C@@H]4CC=C5CC(O)CC(O)[C@]5(C)[C@H]4C(O)C[C@]23C)[C@H](O[C@@H]2O[C@H](CO)[C@@H](O)[C@H](O)[C@H]2O)[C@@H](O)[C@@H]1O. The number of allylic oxidation sites excluding steroid dienone is 1. The van der Waals surface area contributed by atoms with Gasteiger partial charge in [0.1, 0.15) is 49.3 Å². The predicted molar refractivity (Wildman–Crippen MR) is 204 cm³/mol. The second-order valence-corrected chi connectivity index (χ2v) is 18.7. The molecule has 0 aromatic heterocycles. The van der Waals surface area contributed by atoms with Gasteiger partial charge in [-0.3, -0.25) is 4.79 Å². The molecule has 2 saturated heterocycles. The summed E-state index contributed by atoms with van der Waals surface area (Å²) in [6, 6.07) is 0. The summed E-state index contributed by atoms with van der Waals surface area (Å²) < 4.78 is 27.5. The van der Waals surface area contributed by atoms with E-state index < -0.39 is 116 Å². The first-order valence-electron chi connectivity index (χ1n) is 21.1. The lowest BCUT2D eigenvalue weighted by Gasteiger charge is -2.61. The molecule has 0 spiro atoms. The number of carbonyl (C=O) groups excluding carboxylic acids is 2. The first-order valence-corrected chi connectivity index (χ1v) is 21.1. The Bertz CT molecular complexity index is 1590. The maximum Gasteiger partial charge on any atom is 0.336 e. The summed E-state index contributed by atoms with van der Waals surface area (Å²) in [6.07, 6.45) is -14.0. The Balaban J connectivity index is 1.15. The third-order valence-electron chi connectivity index (χ3n) is 15.3. The molecule has 2 aliphatic heterocycles. The third kappa shape index (κ3) is 8.54. The number of rotatable bonds is 11. The minimum Gasteiger partial charge on any atom is -0.463 e. The summed E-state index contributed by atoms with van der Waals surface area (Å²) >= 11 is 0. The summed E-state index contributed by atoms with van der Waals surface area (Å²) in [6.45, 7) is 9.22. The number of fused-ring (bicyclic) bond motifs is 5. The van der Waals surface area contributed by atoms with Crippen LogP contribution in [-0.4, -0.2) is 162 Å². The second-order valence-electron chi connectivity index (χ2n) is 18.7. The molecule has 4 unspecified atom stereocenters. The molecule has 336 valence electrons. The molecule has 6 rings (SSSR count). The van der Waals surface area contributed by atoms with Crippen LogP contribution < -0.4 is 0 Å². The van der Waals surface area contributed by atoms with E-state index in [2.05, 4.69) is 13.0 Å². The Labute approximate surface area is 344 Å². The van der Waals surface area contributed by atoms with Gasteiger partial charge in [0.15, 0.2) is 12.4 Å². The molecule has 0 aromatic rings. The largest absolute Gasteiger partial charge is 0.463 e. The van der Waals surface area contributed by atoms with Gasteiger partial charge in [-0.1, -0.05) is 38.0 Å². The molecule has 17 heteroatoms. The van der Waals surface area contributed by atoms with Crippen molar-refractivity contribution in [1.29, 1.82) is 0 Å². The van der Waals surface area contributed by atoms with Gasteiger partial charge in [-0.2, -0.15) is 0 Å². The van der Waals surface area contributed by atoms with E-state index in [0.717, 1.165) is 31.8 Å². The Kier molecular flexibility index (Phi) is 14.1. The smallest absolute Gasteiger partial charge is 0.336 e. The fraction of sp³-hybridized carbons (Fsp3) is 0.857. The van der Waals surface area contributed by atoms with Gasteiger partial charge in [0.05, 0.1) is 31.0 Å². The molecule has 10 N–H and O–H groups in total. The standard InChI is InChI=1S/C42H66O17/c1-17(11-26(46)19(3)24-9-10-25-23-8-7-21-12-22(45)13-30(48)42(21,6)31(23)27(47)14-41(24,25)5)18(2)38(54)59-40-37(35(52)33(50)29(57-40)16-55-20(4)44)58-39-36(53)34(51)32(49)28(15-43)56-39/h7,19,22-37,39-40,43,45-53H,8-16H2,1-6H3/b18-17+/t19-,22?,23-,24+,25-,26?,27?,28+,29+,30?,31+,32+,33+,34-,35-,36+,37+,39-,40-,41+,42+/m0/s1. The molecular weight excluding hydrogens is 776 g/mol. The molecule has 5 fully saturated rings. The van der Waals surface area contributed by atoms with Crippen LogP contribution in [0.25, 0.3) is 0 Å². The van der Waals surface area contributed by atoms with E-state index in [9.17, 15) is 60.7 Å². The quantitative estimate of drug-likeness (QED) is 0.0702. The summed E-state index contributed by atoms with van der Waals surface area (Å²) in [5.41, 5.74) is 0.712. The number of aliphatic hydroxyl groups excluding tert-OH is 10. The van der Waals surface area contributed by atoms with E-state index in [4.69, 9.17) is 23.7 Å². The zero-order valence-corrected chi connectivity index (χ0v) is 34.7. The maximum absolute atomic E-state index is 13.7. The van der Waals surface area contributed by atoms with Crippen LogP contribution >= 0.6 is 0 Å². The molecule has 0 aromatic carbocycles. The van der Waals surface area contributed by atoms with E-state index in [1.807, 2.05) is 13.8 Å². The van der Waals surface area contributed by atoms with Gasteiger partial charge >= 0.3 is 11.9 Å². The summed E-state index contributed by atoms with van der Waals surface area (Å²) in [4.78, 5) is 25.3. The van der Waals surface area contributed by atoms with Crippen molar-refractivity contribution in [2.24, 2.45) is 40.4 Å². The molecule has 21 atom stereocenters. The fourth-order valence-corrected chi connectivity index (χ4v) is 11.8. The number of ether oxygens (including phenoxy) is 5. The highest BCUT2D eigenvalue weighted by Gasteiger charge is 2.64. The van der Waals surface area contributed by atoms with Crippen molar-refractivity contribution in [3.8, 4) is 0 Å². The molecule has 17 nitrogen and oxygen atoms in total. The number of hydrogen-bond acceptors (Lipinski definition) is 17. The van der Waals surface area contributed by atoms with Crippen molar-refractivity contribution in [3.05, 3.63) is 22.8 Å². The highest BCUT2D eigenvalue weighted by atomic mass is 16.8. The molecule has 59 heavy (non-hydrogen) atoms. The van der Waals surface area contributed by atoms with Gasteiger partial charge in [0, 0.05) is 24.3 Å². The Hall–Kier alpha value is -2.10. The fourth-order valence-electron chi connectivity index (χ4n) is 11.8. The van der Waals surface area contributed by atoms with Crippen molar-refractivity contribution >= 4 is 11.9 Å². The molecule has 3 saturated carbocycles. The van der Waals surface area contributed by atoms with E-state index >= 15 is 0 Å². The van der Waals surface area contributed by atoms with Gasteiger partial charge < -0.3 is 74.7 Å². The number of aliphatic hydroxyl groups is 10. The van der Waals surface area contributed by atoms with Crippen molar-refractivity contribution in [2.75, 3.05) is 13.2 Å². The van der Waals surface area contributed by atoms with Gasteiger partial charge in [-0.25, -0.2) is 4.79 Å². The highest BCUT2D eigenvalue weighted by molar-refractivity contribution is 5.88. The first-order chi connectivity index (χ1) is 27.6. The molecule has 0 amide bonds. The predicted octanol–water partition coefficient (Wildman–Crippen LogP) is -0.670. The molecule has 0 bridgehead atoms. The average molecular weight is 843 g/mol. The highest BCUT2D eigenvalue weighted by Crippen LogP contribution is 2.67. The van der Waals surface area contributed by atoms with Crippen LogP contribution in [0.5, 0.6) is 0 Å². The van der Waals surface area contributed by atoms with Crippen LogP contribution in [0.4, 0.5) is 0 Å². The summed E-state index contributed by atoms with van der Waals surface area (Å²) in [5, 5.41) is 108. The normalized spacial score (nSPS) is 47.4. The van der Waals surface area contributed by atoms with E-state index in [0.29, 0.717) is 18.4 Å². The van der Waals surface area contributed by atoms with Gasteiger partial charge in [0.25, 0.3) is 0 Å². The van der Waals surface area contributed by atoms with Crippen LogP contribution in [0.3, 0.4) is 0 Å². The molecule has 4 aliphatic carbocycles. The summed E-state index contributed by atoms with van der Waals surface area (Å²) in [7, 11) is 0. The monoisotopic (exact) mass is 842 g/mol. The molecular formula is C42H66O17. The summed E-state index contributed by atoms with van der Waals surface area (Å²) in [5.74, 6) is -1.58. The van der Waals surface area contributed by atoms with Crippen LogP contribution in [0.1, 0.15) is 86.5 Å². The second kappa shape index (κ2) is 17.9. The molecule has 6 aliphatic rings. The Morgan fingerprint density at radius 2 is 1.56 bits per heavy atom. The van der Waals surface area contributed by atoms with Crippen LogP contribution in [-0.2, 0) is 33.3 Å². The Morgan fingerprint density at radius 3 is 2.22 bits per heavy atom. The van der Waals surface area contributed by atoms with Gasteiger partial charge in [0.2, 0.25) is 6.29 Å². The third-order valence-corrected chi connectivity index (χ3v) is 15.3. The van der Waals surface area contributed by atoms with Gasteiger partial charge in [-0.05, 0) is 87.4 Å². The number of hydrogen-bond donors (Lipinski definition) is 10. The van der Waals surface area contributed by atoms with E-state index in [1.54, 1.807) is 6.92 Å². The first kappa shape index (κ1) is 46.4. The topological polar surface area (TPSA) is 283 Å². The maximum atomic E-state index is 13.7. The lowest BCUT2D eigenvalue weighted by molar-refractivity contribution is -0.362.